The molecule has 10 heteroatoms. The lowest BCUT2D eigenvalue weighted by Crippen LogP contribution is -2.56. The summed E-state index contributed by atoms with van der Waals surface area (Å²) in [7, 11) is -2.46. The van der Waals surface area contributed by atoms with Crippen molar-refractivity contribution in [1.29, 1.82) is 0 Å². The van der Waals surface area contributed by atoms with Gasteiger partial charge in [-0.05, 0) is 75.2 Å². The third kappa shape index (κ3) is 14.2. The van der Waals surface area contributed by atoms with Crippen LogP contribution in [0.5, 0.6) is 0 Å². The highest BCUT2D eigenvalue weighted by molar-refractivity contribution is 6.74. The summed E-state index contributed by atoms with van der Waals surface area (Å²) < 4.78 is 13.0. The van der Waals surface area contributed by atoms with Crippen LogP contribution in [0.2, 0.25) is 18.1 Å². The summed E-state index contributed by atoms with van der Waals surface area (Å²) >= 11 is 0. The summed E-state index contributed by atoms with van der Waals surface area (Å²) in [6, 6.07) is 18.6. The molecule has 5 atom stereocenters. The molecule has 1 saturated heterocycles. The molecule has 0 spiro atoms. The number of Topliss-reactive ketones (excluding diaryl/α,β-unsaturated/α-hetero) is 1. The zero-order valence-corrected chi connectivity index (χ0v) is 34.9. The first-order valence-corrected chi connectivity index (χ1v) is 22.2. The molecule has 0 aromatic heterocycles. The van der Waals surface area contributed by atoms with Gasteiger partial charge < -0.3 is 24.7 Å². The molecule has 292 valence electrons. The molecule has 0 aliphatic carbocycles. The number of likely N-dealkylation sites (tertiary alicyclic amines) is 1. The molecule has 1 fully saturated rings. The second-order valence-corrected chi connectivity index (χ2v) is 21.8. The Balaban J connectivity index is 2.07. The summed E-state index contributed by atoms with van der Waals surface area (Å²) in [5.74, 6) is -0.953. The van der Waals surface area contributed by atoms with Crippen molar-refractivity contribution in [1.82, 2.24) is 15.5 Å². The summed E-state index contributed by atoms with van der Waals surface area (Å²) in [6.45, 7) is 21.1. The Labute approximate surface area is 319 Å². The van der Waals surface area contributed by atoms with Gasteiger partial charge in [-0.2, -0.15) is 0 Å². The second-order valence-electron chi connectivity index (χ2n) is 17.1. The van der Waals surface area contributed by atoms with Gasteiger partial charge in [0.15, 0.2) is 8.32 Å². The number of ketones is 1. The first-order valence-electron chi connectivity index (χ1n) is 19.3. The van der Waals surface area contributed by atoms with E-state index in [4.69, 9.17) is 9.16 Å². The zero-order chi connectivity index (χ0) is 39.4. The van der Waals surface area contributed by atoms with Crippen molar-refractivity contribution in [2.24, 2.45) is 11.8 Å². The minimum atomic E-state index is -2.46. The van der Waals surface area contributed by atoms with Crippen LogP contribution in [0.3, 0.4) is 0 Å². The maximum Gasteiger partial charge on any atom is 0.407 e. The molecule has 2 aromatic rings. The van der Waals surface area contributed by atoms with Gasteiger partial charge in [-0.15, -0.1) is 0 Å². The lowest BCUT2D eigenvalue weighted by molar-refractivity contribution is -0.141. The number of allylic oxidation sites excluding steroid dienone is 1. The van der Waals surface area contributed by atoms with E-state index in [9.17, 15) is 19.2 Å². The molecule has 0 bridgehead atoms. The van der Waals surface area contributed by atoms with E-state index in [-0.39, 0.29) is 28.6 Å². The Morgan fingerprint density at radius 2 is 1.49 bits per heavy atom. The number of rotatable bonds is 16. The minimum absolute atomic E-state index is 0.122. The van der Waals surface area contributed by atoms with Gasteiger partial charge in [0.2, 0.25) is 11.8 Å². The van der Waals surface area contributed by atoms with Crippen LogP contribution in [0.15, 0.2) is 66.7 Å². The van der Waals surface area contributed by atoms with Crippen molar-refractivity contribution in [3.63, 3.8) is 0 Å². The maximum atomic E-state index is 14.6. The van der Waals surface area contributed by atoms with E-state index < -0.39 is 44.1 Å². The van der Waals surface area contributed by atoms with E-state index >= 15 is 0 Å². The number of carbonyl (C=O) groups excluding carboxylic acids is 4. The van der Waals surface area contributed by atoms with Crippen molar-refractivity contribution in [3.05, 3.63) is 77.9 Å². The van der Waals surface area contributed by atoms with Gasteiger partial charge in [0, 0.05) is 31.8 Å². The van der Waals surface area contributed by atoms with Crippen molar-refractivity contribution >= 4 is 38.1 Å². The number of carbonyl (C=O) groups is 4. The highest BCUT2D eigenvalue weighted by Gasteiger charge is 2.43. The van der Waals surface area contributed by atoms with E-state index in [0.717, 1.165) is 11.1 Å². The van der Waals surface area contributed by atoms with Crippen LogP contribution in [0.25, 0.3) is 6.08 Å². The molecule has 3 unspecified atom stereocenters. The van der Waals surface area contributed by atoms with Crippen LogP contribution in [-0.4, -0.2) is 73.8 Å². The lowest BCUT2D eigenvalue weighted by Gasteiger charge is -2.42. The summed E-state index contributed by atoms with van der Waals surface area (Å²) in [4.78, 5) is 55.7. The van der Waals surface area contributed by atoms with Crippen LogP contribution in [0, 0.1) is 11.8 Å². The molecular weight excluding hydrogens is 683 g/mol. The molecular formula is C43H65N3O6Si. The Morgan fingerprint density at radius 1 is 0.906 bits per heavy atom. The van der Waals surface area contributed by atoms with Gasteiger partial charge in [-0.25, -0.2) is 4.79 Å². The minimum Gasteiger partial charge on any atom is -0.444 e. The number of hydrogen-bond acceptors (Lipinski definition) is 6. The fraction of sp³-hybridized carbons (Fsp3) is 0.581. The van der Waals surface area contributed by atoms with Crippen LogP contribution in [0.1, 0.15) is 98.6 Å². The molecule has 9 nitrogen and oxygen atoms in total. The Morgan fingerprint density at radius 3 is 2.04 bits per heavy atom. The fourth-order valence-electron chi connectivity index (χ4n) is 6.10. The van der Waals surface area contributed by atoms with Crippen molar-refractivity contribution in [2.45, 2.75) is 136 Å². The van der Waals surface area contributed by atoms with Crippen LogP contribution in [0.4, 0.5) is 4.79 Å². The topological polar surface area (TPSA) is 114 Å². The average molecular weight is 748 g/mol. The second kappa shape index (κ2) is 19.5. The normalized spacial score (nSPS) is 17.1. The van der Waals surface area contributed by atoms with Gasteiger partial charge in [0.25, 0.3) is 0 Å². The molecule has 0 saturated carbocycles. The van der Waals surface area contributed by atoms with E-state index in [2.05, 4.69) is 44.5 Å². The van der Waals surface area contributed by atoms with Gasteiger partial charge >= 0.3 is 6.09 Å². The predicted molar refractivity (Wildman–Crippen MR) is 216 cm³/mol. The third-order valence-electron chi connectivity index (χ3n) is 10.5. The van der Waals surface area contributed by atoms with Gasteiger partial charge in [0.05, 0.1) is 12.1 Å². The predicted octanol–water partition coefficient (Wildman–Crippen LogP) is 8.35. The fourth-order valence-corrected chi connectivity index (χ4v) is 7.47. The Bertz CT molecular complexity index is 1510. The average Bonchev–Trinajstić information content (AvgIpc) is 3.08. The van der Waals surface area contributed by atoms with Crippen molar-refractivity contribution in [2.75, 3.05) is 13.1 Å². The SMILES string of the molecule is CC[C@H](C)[C@H](NC(=O)C(CC=Cc1ccccc1)CC(O[Si](C)(C)C(C)(C)C)C(Cc1ccccc1)NC(=O)OC(C)(C)C)C(=O)N1CCC(=O)CC1. The third-order valence-corrected chi connectivity index (χ3v) is 15.0. The standard InChI is InChI=1S/C43H65N3O6Si/c1-11-31(2)38(40(49)46-27-25-35(47)26-28-46)45-39(48)34(24-18-23-32-19-14-12-15-20-32)30-37(52-53(9,10)43(6,7)8)36(29-33-21-16-13-17-22-33)44-41(50)51-42(3,4)5/h12-23,31,34,36-38H,11,24-30H2,1-10H3,(H,44,50)(H,45,48)/t31-,34?,36?,37?,38-/m0/s1. The Kier molecular flexibility index (Phi) is 16.1. The number of ether oxygens (including phenoxy) is 1. The summed E-state index contributed by atoms with van der Waals surface area (Å²) in [6.07, 6.45) is 5.42. The number of hydrogen-bond donors (Lipinski definition) is 2. The van der Waals surface area contributed by atoms with Crippen molar-refractivity contribution in [3.8, 4) is 0 Å². The molecule has 3 rings (SSSR count). The van der Waals surface area contributed by atoms with Crippen LogP contribution < -0.4 is 10.6 Å². The smallest absolute Gasteiger partial charge is 0.407 e. The maximum absolute atomic E-state index is 14.6. The number of nitrogens with one attached hydrogen (secondary N) is 2. The van der Waals surface area contributed by atoms with Crippen molar-refractivity contribution < 1.29 is 28.3 Å². The quantitative estimate of drug-likeness (QED) is 0.167. The number of amides is 3. The molecule has 2 N–H and O–H groups in total. The number of nitrogens with zero attached hydrogens (tertiary/aromatic N) is 1. The number of benzene rings is 2. The zero-order valence-electron chi connectivity index (χ0n) is 33.9. The van der Waals surface area contributed by atoms with Gasteiger partial charge in [-0.1, -0.05) is 114 Å². The highest BCUT2D eigenvalue weighted by Crippen LogP contribution is 2.39. The molecule has 3 amide bonds. The highest BCUT2D eigenvalue weighted by atomic mass is 28.4. The molecule has 1 aliphatic heterocycles. The monoisotopic (exact) mass is 747 g/mol. The van der Waals surface area contributed by atoms with E-state index in [1.807, 2.05) is 107 Å². The first kappa shape index (κ1) is 43.6. The summed E-state index contributed by atoms with van der Waals surface area (Å²) in [5, 5.41) is 6.18. The molecule has 53 heavy (non-hydrogen) atoms. The number of piperidine rings is 1. The molecule has 0 radical (unpaired) electrons. The number of alkyl carbamates (subject to hydrolysis) is 1. The van der Waals surface area contributed by atoms with Gasteiger partial charge in [-0.3, -0.25) is 14.4 Å². The lowest BCUT2D eigenvalue weighted by atomic mass is 9.89. The van der Waals surface area contributed by atoms with Crippen LogP contribution >= 0.6 is 0 Å². The Hall–Kier alpha value is -3.76. The van der Waals surface area contributed by atoms with E-state index in [1.165, 1.54) is 0 Å². The largest absolute Gasteiger partial charge is 0.444 e. The van der Waals surface area contributed by atoms with Crippen LogP contribution in [-0.2, 0) is 30.0 Å². The first-order chi connectivity index (χ1) is 24.8. The van der Waals surface area contributed by atoms with Gasteiger partial charge in [0.1, 0.15) is 17.4 Å². The van der Waals surface area contributed by atoms with E-state index in [0.29, 0.717) is 51.6 Å². The molecule has 2 aromatic carbocycles. The van der Waals surface area contributed by atoms with E-state index in [1.54, 1.807) is 4.90 Å². The molecule has 1 aliphatic rings. The summed E-state index contributed by atoms with van der Waals surface area (Å²) in [5.41, 5.74) is 1.33. The molecule has 1 heterocycles.